The zero-order valence-electron chi connectivity index (χ0n) is 16.3. The number of nitrogens with zero attached hydrogens (tertiary/aromatic N) is 3. The smallest absolute Gasteiger partial charge is 0.158 e. The lowest BCUT2D eigenvalue weighted by Crippen LogP contribution is -2.61. The number of halogens is 1. The van der Waals surface area contributed by atoms with Gasteiger partial charge in [0, 0.05) is 28.9 Å². The van der Waals surface area contributed by atoms with Crippen LogP contribution in [0.3, 0.4) is 0 Å². The van der Waals surface area contributed by atoms with Crippen molar-refractivity contribution in [3.8, 4) is 0 Å². The normalized spacial score (nSPS) is 22.5. The summed E-state index contributed by atoms with van der Waals surface area (Å²) >= 11 is 0. The number of H-pyrrole nitrogens is 1. The van der Waals surface area contributed by atoms with Crippen molar-refractivity contribution in [2.45, 2.75) is 44.2 Å². The summed E-state index contributed by atoms with van der Waals surface area (Å²) in [5, 5.41) is 7.67. The van der Waals surface area contributed by atoms with E-state index in [0.717, 1.165) is 28.3 Å². The summed E-state index contributed by atoms with van der Waals surface area (Å²) in [5.41, 5.74) is 17.5. The first-order chi connectivity index (χ1) is 14.0. The van der Waals surface area contributed by atoms with Gasteiger partial charge in [-0.25, -0.2) is 4.39 Å². The topological polar surface area (TPSA) is 87.2 Å². The van der Waals surface area contributed by atoms with E-state index < -0.39 is 12.5 Å². The number of benzene rings is 2. The molecular weight excluding hydrogens is 367 g/mol. The summed E-state index contributed by atoms with van der Waals surface area (Å²) in [4.78, 5) is 4.07. The molecule has 1 saturated carbocycles. The molecule has 3 unspecified atom stereocenters. The van der Waals surface area contributed by atoms with E-state index in [9.17, 15) is 4.39 Å². The van der Waals surface area contributed by atoms with E-state index in [2.05, 4.69) is 28.1 Å². The van der Waals surface area contributed by atoms with Crippen molar-refractivity contribution in [2.24, 2.45) is 11.5 Å². The Kier molecular flexibility index (Phi) is 4.29. The molecule has 1 aliphatic carbocycles. The van der Waals surface area contributed by atoms with Crippen LogP contribution in [0.5, 0.6) is 0 Å². The van der Waals surface area contributed by atoms with E-state index in [4.69, 9.17) is 11.5 Å². The van der Waals surface area contributed by atoms with Crippen LogP contribution < -0.4 is 21.3 Å². The molecule has 5 N–H and O–H groups in total. The Hall–Kier alpha value is -2.90. The maximum absolute atomic E-state index is 13.4. The van der Waals surface area contributed by atoms with Gasteiger partial charge >= 0.3 is 0 Å². The minimum atomic E-state index is -0.518. The number of nitrogens with two attached hydrogens (primary N) is 2. The molecule has 7 heteroatoms. The fraction of sp³-hybridized carbons (Fsp3) is 0.318. The summed E-state index contributed by atoms with van der Waals surface area (Å²) in [7, 11) is 0. The van der Waals surface area contributed by atoms with Gasteiger partial charge in [0.1, 0.15) is 12.0 Å². The molecule has 6 nitrogen and oxygen atoms in total. The molecule has 29 heavy (non-hydrogen) atoms. The van der Waals surface area contributed by atoms with E-state index in [-0.39, 0.29) is 11.9 Å². The summed E-state index contributed by atoms with van der Waals surface area (Å²) in [6.45, 7) is 2.07. The SMILES string of the molecule is CC(c1ccc(F)cc1)N1c2ccccc2C(N)N(c2cc(C3CC3)[nH]n2)C1N. The third-order valence-electron chi connectivity index (χ3n) is 6.04. The Morgan fingerprint density at radius 1 is 1.10 bits per heavy atom. The average molecular weight is 392 g/mol. The van der Waals surface area contributed by atoms with Crippen LogP contribution in [-0.4, -0.2) is 16.5 Å². The number of hydrogen-bond acceptors (Lipinski definition) is 5. The van der Waals surface area contributed by atoms with Gasteiger partial charge in [-0.3, -0.25) is 10.8 Å². The highest BCUT2D eigenvalue weighted by atomic mass is 19.1. The second-order valence-electron chi connectivity index (χ2n) is 7.92. The highest BCUT2D eigenvalue weighted by Crippen LogP contribution is 2.43. The molecule has 150 valence electrons. The Morgan fingerprint density at radius 2 is 1.83 bits per heavy atom. The number of hydrogen-bond donors (Lipinski definition) is 3. The van der Waals surface area contributed by atoms with Crippen molar-refractivity contribution in [3.63, 3.8) is 0 Å². The number of para-hydroxylation sites is 1. The lowest BCUT2D eigenvalue weighted by atomic mass is 10.00. The van der Waals surface area contributed by atoms with Crippen molar-refractivity contribution in [1.29, 1.82) is 0 Å². The van der Waals surface area contributed by atoms with Gasteiger partial charge in [-0.2, -0.15) is 5.10 Å². The molecule has 5 rings (SSSR count). The quantitative estimate of drug-likeness (QED) is 0.630. The van der Waals surface area contributed by atoms with Gasteiger partial charge in [0.2, 0.25) is 0 Å². The Bertz CT molecular complexity index is 1010. The number of fused-ring (bicyclic) bond motifs is 1. The molecule has 0 spiro atoms. The predicted octanol–water partition coefficient (Wildman–Crippen LogP) is 3.71. The predicted molar refractivity (Wildman–Crippen MR) is 112 cm³/mol. The third kappa shape index (κ3) is 3.07. The second-order valence-corrected chi connectivity index (χ2v) is 7.92. The van der Waals surface area contributed by atoms with Crippen LogP contribution in [0.25, 0.3) is 0 Å². The number of rotatable bonds is 4. The summed E-state index contributed by atoms with van der Waals surface area (Å²) < 4.78 is 13.4. The molecule has 0 amide bonds. The first-order valence-corrected chi connectivity index (χ1v) is 10.0. The Labute approximate surface area is 169 Å². The fourth-order valence-electron chi connectivity index (χ4n) is 4.24. The van der Waals surface area contributed by atoms with Gasteiger partial charge in [-0.05, 0) is 43.5 Å². The molecule has 3 aromatic rings. The molecule has 1 fully saturated rings. The number of aromatic amines is 1. The van der Waals surface area contributed by atoms with Crippen LogP contribution in [-0.2, 0) is 0 Å². The van der Waals surface area contributed by atoms with Gasteiger partial charge in [-0.15, -0.1) is 0 Å². The van der Waals surface area contributed by atoms with Crippen LogP contribution >= 0.6 is 0 Å². The van der Waals surface area contributed by atoms with Crippen molar-refractivity contribution < 1.29 is 4.39 Å². The largest absolute Gasteiger partial charge is 0.332 e. The van der Waals surface area contributed by atoms with Gasteiger partial charge in [0.15, 0.2) is 12.1 Å². The molecule has 0 radical (unpaired) electrons. The van der Waals surface area contributed by atoms with Crippen molar-refractivity contribution in [3.05, 3.63) is 77.2 Å². The second kappa shape index (κ2) is 6.86. The highest BCUT2D eigenvalue weighted by Gasteiger charge is 2.39. The van der Waals surface area contributed by atoms with E-state index in [1.807, 2.05) is 29.2 Å². The van der Waals surface area contributed by atoms with Crippen molar-refractivity contribution in [1.82, 2.24) is 10.2 Å². The summed E-state index contributed by atoms with van der Waals surface area (Å²) in [6, 6.07) is 16.6. The van der Waals surface area contributed by atoms with Crippen LogP contribution in [0, 0.1) is 5.82 Å². The third-order valence-corrected chi connectivity index (χ3v) is 6.04. The first-order valence-electron chi connectivity index (χ1n) is 10.0. The van der Waals surface area contributed by atoms with Gasteiger partial charge in [0.05, 0.1) is 6.04 Å². The van der Waals surface area contributed by atoms with Gasteiger partial charge < -0.3 is 15.5 Å². The van der Waals surface area contributed by atoms with E-state index in [1.165, 1.54) is 25.0 Å². The Balaban J connectivity index is 1.57. The minimum absolute atomic E-state index is 0.0800. The van der Waals surface area contributed by atoms with E-state index in [0.29, 0.717) is 5.92 Å². The number of anilines is 2. The highest BCUT2D eigenvalue weighted by molar-refractivity contribution is 5.64. The zero-order valence-corrected chi connectivity index (χ0v) is 16.3. The lowest BCUT2D eigenvalue weighted by Gasteiger charge is -2.49. The molecule has 2 aliphatic rings. The fourth-order valence-corrected chi connectivity index (χ4v) is 4.24. The molecule has 3 atom stereocenters. The standard InChI is InChI=1S/C22H25FN6/c1-13(14-8-10-16(23)11-9-14)28-19-5-3-2-4-17(19)21(24)29(22(28)25)20-12-18(26-27-20)15-6-7-15/h2-5,8-13,15,21-22H,6-7,24-25H2,1H3,(H,26,27). The van der Waals surface area contributed by atoms with Crippen LogP contribution in [0.1, 0.15) is 54.7 Å². The van der Waals surface area contributed by atoms with Crippen LogP contribution in [0.15, 0.2) is 54.6 Å². The van der Waals surface area contributed by atoms with Crippen molar-refractivity contribution in [2.75, 3.05) is 9.80 Å². The molecule has 2 aromatic carbocycles. The number of aromatic nitrogens is 2. The summed E-state index contributed by atoms with van der Waals surface area (Å²) in [6.07, 6.45) is 1.45. The maximum Gasteiger partial charge on any atom is 0.158 e. The summed E-state index contributed by atoms with van der Waals surface area (Å²) in [5.74, 6) is 1.06. The maximum atomic E-state index is 13.4. The molecule has 0 bridgehead atoms. The van der Waals surface area contributed by atoms with E-state index >= 15 is 0 Å². The molecular formula is C22H25FN6. The molecule has 1 aliphatic heterocycles. The van der Waals surface area contributed by atoms with Crippen LogP contribution in [0.2, 0.25) is 0 Å². The molecule has 2 heterocycles. The number of nitrogens with one attached hydrogen (secondary N) is 1. The van der Waals surface area contributed by atoms with Gasteiger partial charge in [0.25, 0.3) is 0 Å². The lowest BCUT2D eigenvalue weighted by molar-refractivity contribution is 0.445. The van der Waals surface area contributed by atoms with E-state index in [1.54, 1.807) is 12.1 Å². The molecule has 0 saturated heterocycles. The average Bonchev–Trinajstić information content (AvgIpc) is 3.47. The minimum Gasteiger partial charge on any atom is -0.332 e. The monoisotopic (exact) mass is 392 g/mol. The Morgan fingerprint density at radius 3 is 2.55 bits per heavy atom. The van der Waals surface area contributed by atoms with Crippen molar-refractivity contribution >= 4 is 11.5 Å². The van der Waals surface area contributed by atoms with Gasteiger partial charge in [-0.1, -0.05) is 30.3 Å². The molecule has 1 aromatic heterocycles. The zero-order chi connectivity index (χ0) is 20.1. The van der Waals surface area contributed by atoms with Crippen LogP contribution in [0.4, 0.5) is 15.9 Å². The first kappa shape index (κ1) is 18.1.